The van der Waals surface area contributed by atoms with Gasteiger partial charge in [0.2, 0.25) is 0 Å². The van der Waals surface area contributed by atoms with Crippen LogP contribution in [0.4, 0.5) is 0 Å². The van der Waals surface area contributed by atoms with Gasteiger partial charge in [0.25, 0.3) is 17.4 Å². The van der Waals surface area contributed by atoms with Crippen molar-refractivity contribution in [1.29, 1.82) is 0 Å². The van der Waals surface area contributed by atoms with E-state index in [0.29, 0.717) is 0 Å². The molecule has 2 heterocycles. The third-order valence-electron chi connectivity index (χ3n) is 6.29. The maximum atomic E-state index is 13.7. The first-order valence-corrected chi connectivity index (χ1v) is 11.9. The summed E-state index contributed by atoms with van der Waals surface area (Å²) in [6.07, 6.45) is 4.63. The van der Waals surface area contributed by atoms with Gasteiger partial charge in [-0.3, -0.25) is 14.4 Å². The molecule has 2 aliphatic heterocycles. The number of likely N-dealkylation sites (tertiary alicyclic amines) is 1. The molecule has 3 atom stereocenters. The average molecular weight is 491 g/mol. The molecule has 1 N–H and O–H groups in total. The topological polar surface area (TPSA) is 94.2 Å². The molecule has 0 aromatic heterocycles. The smallest absolute Gasteiger partial charge is 0.308 e. The standard InChI is InChI=1S/C28H30N2O6/c1-4-5-16-23(31)36-28(25(32)29-17-20-12-8-6-9-13-20)24(22-19-34-27(2,3)35-22)30(26(28)33)18-21-14-10-7-11-15-21/h1,6-15,22,24H,5,16-19H2,2-3H3,(H,29,32)/t22-,24+,28+/m1/s1. The monoisotopic (exact) mass is 490 g/mol. The molecule has 0 bridgehead atoms. The minimum Gasteiger partial charge on any atom is -0.436 e. The van der Waals surface area contributed by atoms with Gasteiger partial charge >= 0.3 is 5.97 Å². The zero-order valence-corrected chi connectivity index (χ0v) is 20.4. The molecule has 0 unspecified atom stereocenters. The Labute approximate surface area is 210 Å². The van der Waals surface area contributed by atoms with E-state index in [1.54, 1.807) is 13.8 Å². The number of ether oxygens (including phenoxy) is 3. The number of β-lactam (4-membered cyclic amide) rings is 1. The summed E-state index contributed by atoms with van der Waals surface area (Å²) in [7, 11) is 0. The summed E-state index contributed by atoms with van der Waals surface area (Å²) in [5.74, 6) is -0.562. The van der Waals surface area contributed by atoms with Crippen LogP contribution in [-0.2, 0) is 41.7 Å². The number of hydrogen-bond acceptors (Lipinski definition) is 6. The van der Waals surface area contributed by atoms with Gasteiger partial charge in [-0.1, -0.05) is 60.7 Å². The third-order valence-corrected chi connectivity index (χ3v) is 6.29. The second kappa shape index (κ2) is 10.5. The van der Waals surface area contributed by atoms with E-state index in [4.69, 9.17) is 20.6 Å². The van der Waals surface area contributed by atoms with Crippen LogP contribution in [0.25, 0.3) is 0 Å². The third kappa shape index (κ3) is 5.13. The van der Waals surface area contributed by atoms with Crippen molar-refractivity contribution in [1.82, 2.24) is 10.2 Å². The lowest BCUT2D eigenvalue weighted by Crippen LogP contribution is -2.82. The number of nitrogens with one attached hydrogen (secondary N) is 1. The van der Waals surface area contributed by atoms with Crippen molar-refractivity contribution in [3.8, 4) is 12.3 Å². The van der Waals surface area contributed by atoms with Gasteiger partial charge in [-0.05, 0) is 25.0 Å². The van der Waals surface area contributed by atoms with Crippen LogP contribution >= 0.6 is 0 Å². The van der Waals surface area contributed by atoms with E-state index >= 15 is 0 Å². The number of nitrogens with zero attached hydrogens (tertiary/aromatic N) is 1. The first-order chi connectivity index (χ1) is 17.3. The summed E-state index contributed by atoms with van der Waals surface area (Å²) in [4.78, 5) is 41.7. The van der Waals surface area contributed by atoms with E-state index in [2.05, 4.69) is 11.2 Å². The fourth-order valence-corrected chi connectivity index (χ4v) is 4.60. The van der Waals surface area contributed by atoms with E-state index in [-0.39, 0.29) is 32.5 Å². The molecule has 2 aliphatic rings. The molecule has 0 aliphatic carbocycles. The molecular weight excluding hydrogens is 460 g/mol. The van der Waals surface area contributed by atoms with Crippen LogP contribution in [0.15, 0.2) is 60.7 Å². The van der Waals surface area contributed by atoms with Crippen molar-refractivity contribution < 1.29 is 28.6 Å². The summed E-state index contributed by atoms with van der Waals surface area (Å²) in [5.41, 5.74) is -0.388. The molecule has 0 saturated carbocycles. The van der Waals surface area contributed by atoms with Crippen molar-refractivity contribution in [3.63, 3.8) is 0 Å². The van der Waals surface area contributed by atoms with Gasteiger partial charge in [-0.15, -0.1) is 12.3 Å². The molecule has 188 valence electrons. The van der Waals surface area contributed by atoms with Crippen LogP contribution in [0.5, 0.6) is 0 Å². The molecule has 36 heavy (non-hydrogen) atoms. The summed E-state index contributed by atoms with van der Waals surface area (Å²) in [6.45, 7) is 4.03. The molecule has 2 saturated heterocycles. The van der Waals surface area contributed by atoms with Gasteiger partial charge in [-0.2, -0.15) is 0 Å². The first-order valence-electron chi connectivity index (χ1n) is 11.9. The fraction of sp³-hybridized carbons (Fsp3) is 0.393. The van der Waals surface area contributed by atoms with E-state index in [1.807, 2.05) is 60.7 Å². The van der Waals surface area contributed by atoms with Crippen LogP contribution in [-0.4, -0.2) is 52.8 Å². The van der Waals surface area contributed by atoms with Gasteiger partial charge in [-0.25, -0.2) is 0 Å². The Bertz CT molecular complexity index is 1130. The predicted molar refractivity (Wildman–Crippen MR) is 131 cm³/mol. The maximum Gasteiger partial charge on any atom is 0.308 e. The highest BCUT2D eigenvalue weighted by atomic mass is 16.7. The van der Waals surface area contributed by atoms with E-state index in [0.717, 1.165) is 11.1 Å². The Morgan fingerprint density at radius 1 is 1.11 bits per heavy atom. The normalized spacial score (nSPS) is 24.5. The van der Waals surface area contributed by atoms with Gasteiger partial charge in [0.05, 0.1) is 13.0 Å². The molecule has 2 aromatic carbocycles. The highest BCUT2D eigenvalue weighted by Gasteiger charge is 2.72. The molecular formula is C28H30N2O6. The van der Waals surface area contributed by atoms with Crippen LogP contribution < -0.4 is 5.32 Å². The molecule has 0 spiro atoms. The molecule has 8 nitrogen and oxygen atoms in total. The zero-order chi connectivity index (χ0) is 25.8. The number of carbonyl (C=O) groups is 3. The second-order valence-electron chi connectivity index (χ2n) is 9.31. The predicted octanol–water partition coefficient (Wildman–Crippen LogP) is 2.56. The van der Waals surface area contributed by atoms with Crippen molar-refractivity contribution in [3.05, 3.63) is 71.8 Å². The van der Waals surface area contributed by atoms with Crippen LogP contribution in [0.3, 0.4) is 0 Å². The lowest BCUT2D eigenvalue weighted by Gasteiger charge is -2.54. The molecule has 8 heteroatoms. The highest BCUT2D eigenvalue weighted by molar-refractivity contribution is 6.15. The summed E-state index contributed by atoms with van der Waals surface area (Å²) in [5, 5.41) is 2.79. The Balaban J connectivity index is 1.67. The summed E-state index contributed by atoms with van der Waals surface area (Å²) in [6, 6.07) is 17.8. The summed E-state index contributed by atoms with van der Waals surface area (Å²) >= 11 is 0. The quantitative estimate of drug-likeness (QED) is 0.251. The molecule has 2 fully saturated rings. The number of benzene rings is 2. The van der Waals surface area contributed by atoms with Crippen molar-refractivity contribution in [2.75, 3.05) is 6.61 Å². The lowest BCUT2D eigenvalue weighted by atomic mass is 9.77. The van der Waals surface area contributed by atoms with Gasteiger partial charge in [0, 0.05) is 19.5 Å². The largest absolute Gasteiger partial charge is 0.436 e. The fourth-order valence-electron chi connectivity index (χ4n) is 4.60. The Morgan fingerprint density at radius 3 is 2.33 bits per heavy atom. The van der Waals surface area contributed by atoms with Gasteiger partial charge < -0.3 is 24.4 Å². The molecule has 2 amide bonds. The van der Waals surface area contributed by atoms with Crippen LogP contribution in [0.2, 0.25) is 0 Å². The maximum absolute atomic E-state index is 13.7. The number of terminal acetylenes is 1. The SMILES string of the molecule is C#CCCC(=O)O[C@@]1(C(=O)NCc2ccccc2)C(=O)N(Cc2ccccc2)[C@H]1[C@H]1COC(C)(C)O1. The van der Waals surface area contributed by atoms with Crippen LogP contribution in [0.1, 0.15) is 37.8 Å². The number of esters is 1. The molecule has 4 rings (SSSR count). The molecule has 0 radical (unpaired) electrons. The van der Waals surface area contributed by atoms with Gasteiger partial charge in [0.1, 0.15) is 12.1 Å². The highest BCUT2D eigenvalue weighted by Crippen LogP contribution is 2.43. The van der Waals surface area contributed by atoms with E-state index in [1.165, 1.54) is 4.90 Å². The van der Waals surface area contributed by atoms with Crippen molar-refractivity contribution >= 4 is 17.8 Å². The Hall–Kier alpha value is -3.67. The van der Waals surface area contributed by atoms with Gasteiger partial charge in [0.15, 0.2) is 5.79 Å². The van der Waals surface area contributed by atoms with E-state index in [9.17, 15) is 14.4 Å². The van der Waals surface area contributed by atoms with Crippen LogP contribution in [0, 0.1) is 12.3 Å². The Morgan fingerprint density at radius 2 is 1.75 bits per heavy atom. The number of hydrogen-bond donors (Lipinski definition) is 1. The minimum absolute atomic E-state index is 0.115. The average Bonchev–Trinajstić information content (AvgIpc) is 3.24. The minimum atomic E-state index is -2.09. The van der Waals surface area contributed by atoms with Crippen molar-refractivity contribution in [2.45, 2.75) is 63.3 Å². The second-order valence-corrected chi connectivity index (χ2v) is 9.31. The zero-order valence-electron chi connectivity index (χ0n) is 20.4. The number of rotatable bonds is 9. The number of carbonyl (C=O) groups excluding carboxylic acids is 3. The van der Waals surface area contributed by atoms with E-state index < -0.39 is 41.3 Å². The number of amides is 2. The Kier molecular flexibility index (Phi) is 7.43. The lowest BCUT2D eigenvalue weighted by molar-refractivity contribution is -0.226. The summed E-state index contributed by atoms with van der Waals surface area (Å²) < 4.78 is 17.6. The van der Waals surface area contributed by atoms with Crippen molar-refractivity contribution in [2.24, 2.45) is 0 Å². The molecule has 2 aromatic rings. The first kappa shape index (κ1) is 25.4.